The van der Waals surface area contributed by atoms with Crippen molar-refractivity contribution in [1.29, 1.82) is 0 Å². The number of phenolic OH excluding ortho intramolecular Hbond substituents is 2. The molecular weight excluding hydrogens is 572 g/mol. The van der Waals surface area contributed by atoms with Gasteiger partial charge in [0.25, 0.3) is 0 Å². The number of phenols is 2. The van der Waals surface area contributed by atoms with Crippen LogP contribution in [-0.4, -0.2) is 74.3 Å². The van der Waals surface area contributed by atoms with Gasteiger partial charge in [-0.05, 0) is 47.4 Å². The number of hydrogen-bond donors (Lipinski definition) is 8. The molecule has 0 radical (unpaired) electrons. The molecule has 0 heterocycles. The van der Waals surface area contributed by atoms with Crippen molar-refractivity contribution in [1.82, 2.24) is 16.0 Å². The van der Waals surface area contributed by atoms with E-state index in [0.29, 0.717) is 16.7 Å². The molecule has 0 spiro atoms. The summed E-state index contributed by atoms with van der Waals surface area (Å²) >= 11 is 0. The number of carbonyl (C=O) groups excluding carboxylic acids is 3. The van der Waals surface area contributed by atoms with Crippen molar-refractivity contribution in [2.24, 2.45) is 5.73 Å². The van der Waals surface area contributed by atoms with Gasteiger partial charge in [0.05, 0.1) is 12.5 Å². The fourth-order valence-electron chi connectivity index (χ4n) is 4.31. The number of nitrogens with two attached hydrogens (primary N) is 1. The standard InChI is InChI=1S/C31H34N4O9/c32-23(14-19-6-10-21(36)11-7-19)28(40)33-24(16-20-8-12-22(37)13-9-20)29(41)34-25(15-18-4-2-1-3-5-18)30(42)35-26(31(43)44)17-27(38)39/h1-13,23-26,36-37H,14-17,32H2,(H,33,40)(H,34,41)(H,35,42)(H,38,39)(H,43,44). The minimum absolute atomic E-state index is 0.0105. The summed E-state index contributed by atoms with van der Waals surface area (Å²) in [6.45, 7) is 0. The lowest BCUT2D eigenvalue weighted by Crippen LogP contribution is -2.58. The normalized spacial score (nSPS) is 13.5. The molecule has 13 nitrogen and oxygen atoms in total. The number of benzene rings is 3. The SMILES string of the molecule is NC(Cc1ccc(O)cc1)C(=O)NC(Cc1ccc(O)cc1)C(=O)NC(Cc1ccccc1)C(=O)NC(CC(=O)O)C(=O)O. The van der Waals surface area contributed by atoms with Crippen LogP contribution in [0, 0.1) is 0 Å². The van der Waals surface area contributed by atoms with E-state index < -0.39 is 60.2 Å². The summed E-state index contributed by atoms with van der Waals surface area (Å²) in [6.07, 6.45) is -0.914. The van der Waals surface area contributed by atoms with Crippen LogP contribution < -0.4 is 21.7 Å². The van der Waals surface area contributed by atoms with E-state index in [1.54, 1.807) is 54.6 Å². The molecule has 3 aromatic carbocycles. The number of aliphatic carboxylic acids is 2. The second kappa shape index (κ2) is 15.7. The van der Waals surface area contributed by atoms with Crippen LogP contribution in [0.2, 0.25) is 0 Å². The summed E-state index contributed by atoms with van der Waals surface area (Å²) in [7, 11) is 0. The number of nitrogens with one attached hydrogen (secondary N) is 3. The first-order valence-electron chi connectivity index (χ1n) is 13.6. The smallest absolute Gasteiger partial charge is 0.326 e. The quantitative estimate of drug-likeness (QED) is 0.119. The average molecular weight is 607 g/mol. The summed E-state index contributed by atoms with van der Waals surface area (Å²) in [5.74, 6) is -5.37. The molecule has 3 rings (SSSR count). The number of amides is 3. The van der Waals surface area contributed by atoms with Gasteiger partial charge in [-0.2, -0.15) is 0 Å². The van der Waals surface area contributed by atoms with Gasteiger partial charge >= 0.3 is 11.9 Å². The van der Waals surface area contributed by atoms with Gasteiger partial charge in [0.1, 0.15) is 29.6 Å². The van der Waals surface area contributed by atoms with E-state index in [4.69, 9.17) is 10.8 Å². The highest BCUT2D eigenvalue weighted by molar-refractivity contribution is 5.95. The Labute approximate surface area is 252 Å². The van der Waals surface area contributed by atoms with Gasteiger partial charge < -0.3 is 42.1 Å². The number of carbonyl (C=O) groups is 5. The predicted molar refractivity (Wildman–Crippen MR) is 157 cm³/mol. The second-order valence-corrected chi connectivity index (χ2v) is 10.2. The predicted octanol–water partition coefficient (Wildman–Crippen LogP) is 0.467. The van der Waals surface area contributed by atoms with Gasteiger partial charge in [-0.1, -0.05) is 54.6 Å². The van der Waals surface area contributed by atoms with Gasteiger partial charge in [-0.25, -0.2) is 4.79 Å². The number of aromatic hydroxyl groups is 2. The lowest BCUT2D eigenvalue weighted by molar-refractivity contribution is -0.147. The third-order valence-corrected chi connectivity index (χ3v) is 6.65. The maximum atomic E-state index is 13.6. The molecule has 4 atom stereocenters. The zero-order valence-corrected chi connectivity index (χ0v) is 23.6. The molecule has 0 saturated heterocycles. The lowest BCUT2D eigenvalue weighted by atomic mass is 10.0. The van der Waals surface area contributed by atoms with E-state index in [1.165, 1.54) is 24.3 Å². The van der Waals surface area contributed by atoms with Gasteiger partial charge in [-0.3, -0.25) is 19.2 Å². The van der Waals surface area contributed by atoms with Crippen LogP contribution in [0.4, 0.5) is 0 Å². The number of hydrogen-bond acceptors (Lipinski definition) is 8. The molecule has 0 aromatic heterocycles. The first kappa shape index (κ1) is 33.1. The van der Waals surface area contributed by atoms with Crippen molar-refractivity contribution in [3.8, 4) is 11.5 Å². The molecule has 0 aliphatic carbocycles. The summed E-state index contributed by atoms with van der Waals surface area (Å²) in [6, 6.07) is 15.1. The van der Waals surface area contributed by atoms with Crippen LogP contribution in [0.5, 0.6) is 11.5 Å². The van der Waals surface area contributed by atoms with E-state index in [0.717, 1.165) is 0 Å². The minimum atomic E-state index is -1.75. The average Bonchev–Trinajstić information content (AvgIpc) is 2.98. The summed E-state index contributed by atoms with van der Waals surface area (Å²) in [5.41, 5.74) is 7.96. The highest BCUT2D eigenvalue weighted by Crippen LogP contribution is 2.14. The maximum absolute atomic E-state index is 13.6. The Morgan fingerprint density at radius 1 is 0.568 bits per heavy atom. The highest BCUT2D eigenvalue weighted by Gasteiger charge is 2.31. The van der Waals surface area contributed by atoms with E-state index in [2.05, 4.69) is 16.0 Å². The van der Waals surface area contributed by atoms with Crippen LogP contribution in [0.25, 0.3) is 0 Å². The third-order valence-electron chi connectivity index (χ3n) is 6.65. The molecule has 44 heavy (non-hydrogen) atoms. The molecule has 0 bridgehead atoms. The van der Waals surface area contributed by atoms with Crippen molar-refractivity contribution >= 4 is 29.7 Å². The van der Waals surface area contributed by atoms with Crippen molar-refractivity contribution in [3.05, 3.63) is 95.6 Å². The van der Waals surface area contributed by atoms with Crippen molar-refractivity contribution in [3.63, 3.8) is 0 Å². The molecule has 232 valence electrons. The molecule has 0 aliphatic heterocycles. The molecule has 3 aromatic rings. The number of rotatable bonds is 15. The largest absolute Gasteiger partial charge is 0.508 e. The Bertz CT molecular complexity index is 1450. The van der Waals surface area contributed by atoms with E-state index in [-0.39, 0.29) is 30.8 Å². The number of carboxylic acids is 2. The van der Waals surface area contributed by atoms with Crippen LogP contribution >= 0.6 is 0 Å². The van der Waals surface area contributed by atoms with Gasteiger partial charge in [-0.15, -0.1) is 0 Å². The molecule has 3 amide bonds. The van der Waals surface area contributed by atoms with Crippen molar-refractivity contribution < 1.29 is 44.4 Å². The summed E-state index contributed by atoms with van der Waals surface area (Å²) in [5, 5.41) is 45.0. The Hall–Kier alpha value is -5.43. The first-order chi connectivity index (χ1) is 20.9. The Balaban J connectivity index is 1.84. The topological polar surface area (TPSA) is 228 Å². The van der Waals surface area contributed by atoms with Gasteiger partial charge in [0, 0.05) is 12.8 Å². The van der Waals surface area contributed by atoms with E-state index in [1.807, 2.05) is 0 Å². The van der Waals surface area contributed by atoms with Crippen LogP contribution in [0.1, 0.15) is 23.1 Å². The maximum Gasteiger partial charge on any atom is 0.326 e. The van der Waals surface area contributed by atoms with Crippen LogP contribution in [-0.2, 0) is 43.2 Å². The van der Waals surface area contributed by atoms with Crippen LogP contribution in [0.15, 0.2) is 78.9 Å². The molecular formula is C31H34N4O9. The van der Waals surface area contributed by atoms with Crippen molar-refractivity contribution in [2.75, 3.05) is 0 Å². The van der Waals surface area contributed by atoms with E-state index in [9.17, 15) is 39.3 Å². The summed E-state index contributed by atoms with van der Waals surface area (Å²) in [4.78, 5) is 62.7. The van der Waals surface area contributed by atoms with Gasteiger partial charge in [0.2, 0.25) is 17.7 Å². The molecule has 4 unspecified atom stereocenters. The Morgan fingerprint density at radius 3 is 1.43 bits per heavy atom. The first-order valence-corrected chi connectivity index (χ1v) is 13.6. The summed E-state index contributed by atoms with van der Waals surface area (Å²) < 4.78 is 0. The fraction of sp³-hybridized carbons (Fsp3) is 0.258. The zero-order valence-electron chi connectivity index (χ0n) is 23.6. The number of carboxylic acid groups (broad SMARTS) is 2. The van der Waals surface area contributed by atoms with E-state index >= 15 is 0 Å². The Morgan fingerprint density at radius 2 is 0.977 bits per heavy atom. The van der Waals surface area contributed by atoms with Crippen LogP contribution in [0.3, 0.4) is 0 Å². The monoisotopic (exact) mass is 606 g/mol. The molecule has 0 aliphatic rings. The lowest BCUT2D eigenvalue weighted by Gasteiger charge is -2.25. The molecule has 9 N–H and O–H groups in total. The third kappa shape index (κ3) is 10.4. The zero-order chi connectivity index (χ0) is 32.2. The minimum Gasteiger partial charge on any atom is -0.508 e. The van der Waals surface area contributed by atoms with Gasteiger partial charge in [0.15, 0.2) is 0 Å². The second-order valence-electron chi connectivity index (χ2n) is 10.2. The fourth-order valence-corrected chi connectivity index (χ4v) is 4.31. The molecule has 0 saturated carbocycles. The Kier molecular flexibility index (Phi) is 11.8. The molecule has 0 fully saturated rings. The molecule has 13 heteroatoms. The highest BCUT2D eigenvalue weighted by atomic mass is 16.4. The van der Waals surface area contributed by atoms with Crippen molar-refractivity contribution in [2.45, 2.75) is 49.9 Å².